The maximum Gasteiger partial charge on any atom is 0.276 e. The molecule has 0 bridgehead atoms. The van der Waals surface area contributed by atoms with Gasteiger partial charge in [0.1, 0.15) is 18.3 Å². The van der Waals surface area contributed by atoms with Gasteiger partial charge in [0.2, 0.25) is 0 Å². The normalized spacial score (nSPS) is 10.4. The molecule has 0 saturated carbocycles. The van der Waals surface area contributed by atoms with Crippen molar-refractivity contribution < 1.29 is 4.79 Å². The number of amides is 1. The Morgan fingerprint density at radius 1 is 1.14 bits per heavy atom. The van der Waals surface area contributed by atoms with Gasteiger partial charge >= 0.3 is 0 Å². The summed E-state index contributed by atoms with van der Waals surface area (Å²) >= 11 is 0. The summed E-state index contributed by atoms with van der Waals surface area (Å²) in [6, 6.07) is 9.79. The van der Waals surface area contributed by atoms with Crippen molar-refractivity contribution in [2.45, 2.75) is 0 Å². The first-order chi connectivity index (χ1) is 10.6. The first kappa shape index (κ1) is 13.7. The van der Waals surface area contributed by atoms with Crippen LogP contribution in [0.25, 0.3) is 5.69 Å². The molecule has 0 unspecified atom stereocenters. The highest BCUT2D eigenvalue weighted by atomic mass is 16.2. The smallest absolute Gasteiger partial charge is 0.276 e. The highest BCUT2D eigenvalue weighted by Crippen LogP contribution is 2.12. The Morgan fingerprint density at radius 3 is 2.55 bits per heavy atom. The van der Waals surface area contributed by atoms with Gasteiger partial charge in [0, 0.05) is 18.8 Å². The van der Waals surface area contributed by atoms with Gasteiger partial charge in [-0.15, -0.1) is 0 Å². The van der Waals surface area contributed by atoms with Crippen molar-refractivity contribution in [2.75, 3.05) is 5.32 Å². The molecule has 2 aromatic heterocycles. The maximum atomic E-state index is 12.1. The number of carbonyl (C=O) groups is 1. The van der Waals surface area contributed by atoms with E-state index in [-0.39, 0.29) is 17.2 Å². The number of aryl methyl sites for hydroxylation is 1. The lowest BCUT2D eigenvalue weighted by molar-refractivity contribution is 0.102. The van der Waals surface area contributed by atoms with E-state index in [0.717, 1.165) is 10.4 Å². The first-order valence-corrected chi connectivity index (χ1v) is 6.44. The van der Waals surface area contributed by atoms with E-state index in [4.69, 9.17) is 0 Å². The SMILES string of the molecule is Cn1nc(C(=O)Nc2ccc(-n3cncn3)cc2)ccc1=O. The van der Waals surface area contributed by atoms with Gasteiger partial charge in [-0.3, -0.25) is 9.59 Å². The van der Waals surface area contributed by atoms with E-state index in [9.17, 15) is 9.59 Å². The van der Waals surface area contributed by atoms with Gasteiger partial charge in [0.25, 0.3) is 11.5 Å². The van der Waals surface area contributed by atoms with E-state index < -0.39 is 0 Å². The van der Waals surface area contributed by atoms with Crippen molar-refractivity contribution >= 4 is 11.6 Å². The van der Waals surface area contributed by atoms with Gasteiger partial charge < -0.3 is 5.32 Å². The van der Waals surface area contributed by atoms with Crippen LogP contribution in [0.15, 0.2) is 53.8 Å². The number of aromatic nitrogens is 5. The molecule has 110 valence electrons. The lowest BCUT2D eigenvalue weighted by Crippen LogP contribution is -2.23. The van der Waals surface area contributed by atoms with E-state index >= 15 is 0 Å². The summed E-state index contributed by atoms with van der Waals surface area (Å²) in [7, 11) is 1.49. The zero-order valence-corrected chi connectivity index (χ0v) is 11.7. The lowest BCUT2D eigenvalue weighted by atomic mass is 10.2. The Morgan fingerprint density at radius 2 is 1.91 bits per heavy atom. The average Bonchev–Trinajstić information content (AvgIpc) is 3.05. The fourth-order valence-electron chi connectivity index (χ4n) is 1.86. The summed E-state index contributed by atoms with van der Waals surface area (Å²) in [4.78, 5) is 27.2. The molecule has 3 aromatic rings. The van der Waals surface area contributed by atoms with Gasteiger partial charge in [-0.2, -0.15) is 10.2 Å². The summed E-state index contributed by atoms with van der Waals surface area (Å²) in [6.45, 7) is 0. The molecule has 8 nitrogen and oxygen atoms in total. The van der Waals surface area contributed by atoms with Crippen LogP contribution in [0.2, 0.25) is 0 Å². The molecule has 8 heteroatoms. The molecule has 1 N–H and O–H groups in total. The van der Waals surface area contributed by atoms with Crippen LogP contribution < -0.4 is 10.9 Å². The second-order valence-electron chi connectivity index (χ2n) is 4.52. The minimum absolute atomic E-state index is 0.169. The van der Waals surface area contributed by atoms with Crippen molar-refractivity contribution in [3.8, 4) is 5.69 Å². The molecule has 0 radical (unpaired) electrons. The standard InChI is InChI=1S/C14H12N6O2/c1-19-13(21)7-6-12(18-19)14(22)17-10-2-4-11(5-3-10)20-9-15-8-16-20/h2-9H,1H3,(H,17,22). The number of hydrogen-bond acceptors (Lipinski definition) is 5. The van der Waals surface area contributed by atoms with Gasteiger partial charge in [-0.25, -0.2) is 14.3 Å². The van der Waals surface area contributed by atoms with Crippen LogP contribution in [0.3, 0.4) is 0 Å². The Balaban J connectivity index is 1.76. The van der Waals surface area contributed by atoms with Crippen LogP contribution in [-0.2, 0) is 7.05 Å². The quantitative estimate of drug-likeness (QED) is 0.764. The van der Waals surface area contributed by atoms with Crippen LogP contribution in [0.1, 0.15) is 10.5 Å². The highest BCUT2D eigenvalue weighted by molar-refractivity contribution is 6.02. The molecule has 0 aliphatic heterocycles. The van der Waals surface area contributed by atoms with Gasteiger partial charge in [0.15, 0.2) is 0 Å². The van der Waals surface area contributed by atoms with E-state index in [2.05, 4.69) is 20.5 Å². The minimum Gasteiger partial charge on any atom is -0.321 e. The Bertz CT molecular complexity index is 852. The topological polar surface area (TPSA) is 94.7 Å². The van der Waals surface area contributed by atoms with Gasteiger partial charge in [-0.05, 0) is 30.3 Å². The van der Waals surface area contributed by atoms with E-state index in [1.165, 1.54) is 25.5 Å². The second kappa shape index (κ2) is 5.60. The van der Waals surface area contributed by atoms with Crippen LogP contribution in [0, 0.1) is 0 Å². The number of benzene rings is 1. The molecule has 0 saturated heterocycles. The summed E-state index contributed by atoms with van der Waals surface area (Å²) in [5.41, 5.74) is 1.34. The fraction of sp³-hybridized carbons (Fsp3) is 0.0714. The van der Waals surface area contributed by atoms with Crippen molar-refractivity contribution in [3.63, 3.8) is 0 Å². The van der Waals surface area contributed by atoms with E-state index in [1.807, 2.05) is 0 Å². The third-order valence-corrected chi connectivity index (χ3v) is 3.00. The average molecular weight is 296 g/mol. The Kier molecular flexibility index (Phi) is 3.48. The van der Waals surface area contributed by atoms with Crippen LogP contribution in [-0.4, -0.2) is 30.5 Å². The Labute approximate surface area is 125 Å². The van der Waals surface area contributed by atoms with Gasteiger partial charge in [0.05, 0.1) is 5.69 Å². The predicted octanol–water partition coefficient (Wildman–Crippen LogP) is 0.613. The summed E-state index contributed by atoms with van der Waals surface area (Å²) in [5.74, 6) is -0.385. The predicted molar refractivity (Wildman–Crippen MR) is 78.8 cm³/mol. The molecular formula is C14H12N6O2. The third kappa shape index (κ3) is 2.75. The van der Waals surface area contributed by atoms with Crippen LogP contribution in [0.4, 0.5) is 5.69 Å². The number of rotatable bonds is 3. The molecule has 0 atom stereocenters. The van der Waals surface area contributed by atoms with Crippen LogP contribution in [0.5, 0.6) is 0 Å². The summed E-state index contributed by atoms with van der Waals surface area (Å²) in [6.07, 6.45) is 3.03. The zero-order chi connectivity index (χ0) is 15.5. The number of nitrogens with zero attached hydrogens (tertiary/aromatic N) is 5. The van der Waals surface area contributed by atoms with Crippen molar-refractivity contribution in [3.05, 3.63) is 65.1 Å². The second-order valence-corrected chi connectivity index (χ2v) is 4.52. The molecule has 3 rings (SSSR count). The molecule has 2 heterocycles. The molecule has 1 amide bonds. The Hall–Kier alpha value is -3.29. The first-order valence-electron chi connectivity index (χ1n) is 6.44. The number of anilines is 1. The summed E-state index contributed by atoms with van der Waals surface area (Å²) < 4.78 is 2.73. The molecule has 22 heavy (non-hydrogen) atoms. The van der Waals surface area contributed by atoms with Crippen LogP contribution >= 0.6 is 0 Å². The fourth-order valence-corrected chi connectivity index (χ4v) is 1.86. The van der Waals surface area contributed by atoms with Crippen molar-refractivity contribution in [2.24, 2.45) is 7.05 Å². The largest absolute Gasteiger partial charge is 0.321 e. The molecule has 0 fully saturated rings. The minimum atomic E-state index is -0.385. The molecule has 0 aliphatic rings. The number of carbonyl (C=O) groups excluding carboxylic acids is 1. The lowest BCUT2D eigenvalue weighted by Gasteiger charge is -2.06. The van der Waals surface area contributed by atoms with E-state index in [1.54, 1.807) is 35.3 Å². The molecule has 0 aliphatic carbocycles. The number of nitrogens with one attached hydrogen (secondary N) is 1. The monoisotopic (exact) mass is 296 g/mol. The number of hydrogen-bond donors (Lipinski definition) is 1. The maximum absolute atomic E-state index is 12.1. The van der Waals surface area contributed by atoms with Gasteiger partial charge in [-0.1, -0.05) is 0 Å². The molecule has 1 aromatic carbocycles. The third-order valence-electron chi connectivity index (χ3n) is 3.00. The highest BCUT2D eigenvalue weighted by Gasteiger charge is 2.09. The summed E-state index contributed by atoms with van der Waals surface area (Å²) in [5, 5.41) is 10.6. The van der Waals surface area contributed by atoms with Crippen molar-refractivity contribution in [1.82, 2.24) is 24.5 Å². The van der Waals surface area contributed by atoms with E-state index in [0.29, 0.717) is 5.69 Å². The molecular weight excluding hydrogens is 284 g/mol. The van der Waals surface area contributed by atoms with Crippen molar-refractivity contribution in [1.29, 1.82) is 0 Å². The zero-order valence-electron chi connectivity index (χ0n) is 11.7. The molecule has 0 spiro atoms.